The topological polar surface area (TPSA) is 31.5 Å². The van der Waals surface area contributed by atoms with Crippen LogP contribution in [0, 0.1) is 0 Å². The van der Waals surface area contributed by atoms with Crippen molar-refractivity contribution in [3.05, 3.63) is 0 Å². The second-order valence-electron chi connectivity index (χ2n) is 1.35. The fourth-order valence-electron chi connectivity index (χ4n) is 0.354. The number of rotatable bonds is 2. The van der Waals surface area contributed by atoms with Crippen molar-refractivity contribution in [1.82, 2.24) is 0 Å². The van der Waals surface area contributed by atoms with Crippen LogP contribution in [0.4, 0.5) is 0 Å². The van der Waals surface area contributed by atoms with E-state index in [2.05, 4.69) is 24.6 Å². The zero-order valence-electron chi connectivity index (χ0n) is 4.62. The Kier molecular flexibility index (Phi) is 35.2. The van der Waals surface area contributed by atoms with Crippen molar-refractivity contribution < 1.29 is 5.48 Å². The van der Waals surface area contributed by atoms with E-state index in [0.29, 0.717) is 0 Å². The fraction of sp³-hybridized carbons (Fsp3) is 1.00. The standard InChI is InChI=1S/C4H9.Al.Li.H2O.3H/c1-3-4-2;;;;;;/h1,3-4H2,2H3;;;1H2;;;. The Bertz CT molecular complexity index is 19.2. The first-order valence-electron chi connectivity index (χ1n) is 2.41. The molecule has 7 heavy (non-hydrogen) atoms. The number of hydrogen-bond donors (Lipinski definition) is 0. The molecule has 0 aromatic heterocycles. The Balaban J connectivity index is -0.0000000800. The van der Waals surface area contributed by atoms with Gasteiger partial charge >= 0.3 is 42.6 Å². The summed E-state index contributed by atoms with van der Waals surface area (Å²) in [5.74, 6) is 0. The van der Waals surface area contributed by atoms with Gasteiger partial charge in [-0.05, 0) is 0 Å². The molecule has 1 nitrogen and oxygen atoms in total. The Hall–Kier alpha value is 1.09. The van der Waals surface area contributed by atoms with Gasteiger partial charge in [0.15, 0.2) is 17.4 Å². The van der Waals surface area contributed by atoms with Gasteiger partial charge < -0.3 is 5.48 Å². The maximum atomic E-state index is 2.21. The van der Waals surface area contributed by atoms with Gasteiger partial charge in [-0.2, -0.15) is 0 Å². The van der Waals surface area contributed by atoms with Gasteiger partial charge in [0.25, 0.3) is 0 Å². The van der Waals surface area contributed by atoms with Gasteiger partial charge in [-0.15, -0.1) is 0 Å². The maximum absolute atomic E-state index is 2.21. The minimum absolute atomic E-state index is 0. The van der Waals surface area contributed by atoms with E-state index in [1.54, 1.807) is 0 Å². The summed E-state index contributed by atoms with van der Waals surface area (Å²) < 4.78 is 0. The molecule has 0 rings (SSSR count). The third-order valence-electron chi connectivity index (χ3n) is 0.707. The average Bonchev–Trinajstić information content (AvgIpc) is 1.41. The molecule has 0 spiro atoms. The molecular weight excluding hydrogens is 98.0 g/mol. The zero-order chi connectivity index (χ0) is 4.12. The molecule has 40 valence electrons. The summed E-state index contributed by atoms with van der Waals surface area (Å²) in [6.45, 7) is 2.21. The summed E-state index contributed by atoms with van der Waals surface area (Å²) in [7, 11) is 0. The molecular formula is C4H14AlLiO. The molecule has 0 bridgehead atoms. The number of hydrogen-bond acceptors (Lipinski definition) is 0. The summed E-state index contributed by atoms with van der Waals surface area (Å²) in [5.41, 5.74) is 0. The van der Waals surface area contributed by atoms with Crippen molar-refractivity contribution in [2.75, 3.05) is 0 Å². The van der Waals surface area contributed by atoms with E-state index in [-0.39, 0.29) is 22.8 Å². The van der Waals surface area contributed by atoms with Crippen LogP contribution in [-0.2, 0) is 0 Å². The van der Waals surface area contributed by atoms with Crippen molar-refractivity contribution >= 4 is 35.1 Å². The normalized spacial score (nSPS) is 6.14. The van der Waals surface area contributed by atoms with Crippen LogP contribution < -0.4 is 0 Å². The van der Waals surface area contributed by atoms with E-state index in [0.717, 1.165) is 0 Å². The summed E-state index contributed by atoms with van der Waals surface area (Å²) in [6.07, 6.45) is 2.73. The quantitative estimate of drug-likeness (QED) is 0.426. The Morgan fingerprint density at radius 2 is 1.86 bits per heavy atom. The van der Waals surface area contributed by atoms with Gasteiger partial charge in [0.2, 0.25) is 0 Å². The first kappa shape index (κ1) is 15.7. The van der Waals surface area contributed by atoms with Crippen molar-refractivity contribution in [2.45, 2.75) is 24.9 Å². The van der Waals surface area contributed by atoms with E-state index in [1.807, 2.05) is 0 Å². The summed E-state index contributed by atoms with van der Waals surface area (Å²) in [4.78, 5) is 0. The summed E-state index contributed by atoms with van der Waals surface area (Å²) in [6, 6.07) is 0. The van der Waals surface area contributed by atoms with E-state index in [9.17, 15) is 0 Å². The second kappa shape index (κ2) is 15.7. The fourth-order valence-corrected chi connectivity index (χ4v) is 0.354. The molecule has 0 unspecified atom stereocenters. The van der Waals surface area contributed by atoms with E-state index in [4.69, 9.17) is 0 Å². The van der Waals surface area contributed by atoms with Gasteiger partial charge in [-0.1, -0.05) is 0 Å². The molecule has 0 saturated carbocycles. The summed E-state index contributed by atoms with van der Waals surface area (Å²) in [5, 5.41) is 1.34. The van der Waals surface area contributed by atoms with Crippen LogP contribution in [0.3, 0.4) is 0 Å². The van der Waals surface area contributed by atoms with Crippen molar-refractivity contribution in [3.8, 4) is 0 Å². The molecule has 0 fully saturated rings. The van der Waals surface area contributed by atoms with Crippen LogP contribution in [0.5, 0.6) is 0 Å². The molecule has 0 amide bonds. The predicted octanol–water partition coefficient (Wildman–Crippen LogP) is -0.635. The second-order valence-corrected chi connectivity index (χ2v) is 1.35. The molecule has 0 saturated heterocycles. The minimum atomic E-state index is 0. The van der Waals surface area contributed by atoms with E-state index in [1.165, 1.54) is 17.9 Å². The molecule has 0 aromatic rings. The van der Waals surface area contributed by atoms with Crippen LogP contribution in [-0.4, -0.2) is 40.6 Å². The SMILES string of the molecule is O.[AlH3].[Li][CH2]CCC. The molecule has 2 N–H and O–H groups in total. The monoisotopic (exact) mass is 112 g/mol. The van der Waals surface area contributed by atoms with Crippen LogP contribution in [0.2, 0.25) is 5.09 Å². The van der Waals surface area contributed by atoms with Crippen LogP contribution >= 0.6 is 0 Å². The molecule has 0 aliphatic rings. The van der Waals surface area contributed by atoms with Gasteiger partial charge in [0.1, 0.15) is 0 Å². The van der Waals surface area contributed by atoms with Crippen LogP contribution in [0.1, 0.15) is 19.8 Å². The Morgan fingerprint density at radius 3 is 1.86 bits per heavy atom. The molecule has 0 heterocycles. The van der Waals surface area contributed by atoms with E-state index >= 15 is 0 Å². The summed E-state index contributed by atoms with van der Waals surface area (Å²) >= 11 is 2.21. The third-order valence-corrected chi connectivity index (χ3v) is 0.707. The zero-order valence-corrected chi connectivity index (χ0v) is 4.62. The van der Waals surface area contributed by atoms with Crippen LogP contribution in [0.15, 0.2) is 0 Å². The van der Waals surface area contributed by atoms with Crippen LogP contribution in [0.25, 0.3) is 0 Å². The first-order chi connectivity index (χ1) is 2.41. The molecule has 3 heteroatoms. The van der Waals surface area contributed by atoms with Crippen molar-refractivity contribution in [2.24, 2.45) is 0 Å². The predicted molar refractivity (Wildman–Crippen MR) is 39.0 cm³/mol. The van der Waals surface area contributed by atoms with Crippen molar-refractivity contribution in [1.29, 1.82) is 0 Å². The average molecular weight is 112 g/mol. The van der Waals surface area contributed by atoms with Gasteiger partial charge in [0, 0.05) is 0 Å². The Morgan fingerprint density at radius 1 is 1.43 bits per heavy atom. The number of unbranched alkanes of at least 4 members (excludes halogenated alkanes) is 1. The molecule has 0 aliphatic carbocycles. The first-order valence-corrected chi connectivity index (χ1v) is 2.41. The van der Waals surface area contributed by atoms with Gasteiger partial charge in [-0.3, -0.25) is 0 Å². The third kappa shape index (κ3) is 19.2. The molecule has 0 aromatic carbocycles. The van der Waals surface area contributed by atoms with Crippen molar-refractivity contribution in [3.63, 3.8) is 0 Å². The van der Waals surface area contributed by atoms with Gasteiger partial charge in [0.05, 0.1) is 0 Å². The molecule has 0 radical (unpaired) electrons. The Labute approximate surface area is 65.5 Å². The van der Waals surface area contributed by atoms with Gasteiger partial charge in [-0.25, -0.2) is 0 Å². The molecule has 0 aliphatic heterocycles. The molecule has 0 atom stereocenters. The van der Waals surface area contributed by atoms with E-state index < -0.39 is 0 Å².